The van der Waals surface area contributed by atoms with E-state index < -0.39 is 23.2 Å². The summed E-state index contributed by atoms with van der Waals surface area (Å²) < 4.78 is 18.1. The predicted molar refractivity (Wildman–Crippen MR) is 75.3 cm³/mol. The summed E-state index contributed by atoms with van der Waals surface area (Å²) in [5.74, 6) is -2.34. The second-order valence-corrected chi connectivity index (χ2v) is 5.03. The molecule has 0 bridgehead atoms. The molecular formula is C14H19FN2O4. The zero-order valence-electron chi connectivity index (χ0n) is 12.2. The van der Waals surface area contributed by atoms with Crippen molar-refractivity contribution in [3.63, 3.8) is 0 Å². The number of methoxy groups -OCH3 is 1. The fourth-order valence-corrected chi connectivity index (χ4v) is 1.57. The Morgan fingerprint density at radius 3 is 2.62 bits per heavy atom. The lowest BCUT2D eigenvalue weighted by molar-refractivity contribution is -0.137. The fourth-order valence-electron chi connectivity index (χ4n) is 1.57. The maximum atomic E-state index is 13.3. The van der Waals surface area contributed by atoms with Crippen LogP contribution in [0.4, 0.5) is 10.1 Å². The van der Waals surface area contributed by atoms with Crippen molar-refractivity contribution in [2.24, 2.45) is 0 Å². The summed E-state index contributed by atoms with van der Waals surface area (Å²) in [4.78, 5) is 23.2. The molecule has 0 heterocycles. The molecule has 0 radical (unpaired) electrons. The number of hydrogen-bond donors (Lipinski definition) is 3. The Kier molecular flexibility index (Phi) is 5.80. The molecule has 0 aliphatic carbocycles. The van der Waals surface area contributed by atoms with E-state index in [0.717, 1.165) is 6.07 Å². The van der Waals surface area contributed by atoms with Gasteiger partial charge in [0.25, 0.3) is 0 Å². The number of halogens is 1. The lowest BCUT2D eigenvalue weighted by Gasteiger charge is -2.22. The molecule has 1 aromatic carbocycles. The van der Waals surface area contributed by atoms with Crippen LogP contribution in [0.1, 0.15) is 12.5 Å². The van der Waals surface area contributed by atoms with Crippen LogP contribution in [0.2, 0.25) is 0 Å². The number of aliphatic hydroxyl groups is 1. The first-order valence-corrected chi connectivity index (χ1v) is 6.32. The van der Waals surface area contributed by atoms with Gasteiger partial charge in [-0.15, -0.1) is 0 Å². The zero-order valence-corrected chi connectivity index (χ0v) is 12.2. The number of aryl methyl sites for hydroxylation is 1. The van der Waals surface area contributed by atoms with Crippen LogP contribution in [0.15, 0.2) is 18.2 Å². The molecular weight excluding hydrogens is 279 g/mol. The molecule has 0 aromatic heterocycles. The standard InChI is InChI=1S/C14H19FN2O4/c1-9-4-5-10(6-11(9)15)17-13(19)12(18)16-7-14(2,20)8-21-3/h4-6,20H,7-8H2,1-3H3,(H,16,18)(H,17,19)/t14-/m0/s1. The summed E-state index contributed by atoms with van der Waals surface area (Å²) in [6.45, 7) is 2.92. The molecule has 0 saturated carbocycles. The van der Waals surface area contributed by atoms with Gasteiger partial charge in [0, 0.05) is 19.3 Å². The first-order valence-electron chi connectivity index (χ1n) is 6.32. The van der Waals surface area contributed by atoms with Gasteiger partial charge in [-0.1, -0.05) is 6.07 Å². The van der Waals surface area contributed by atoms with Crippen molar-refractivity contribution in [2.45, 2.75) is 19.4 Å². The van der Waals surface area contributed by atoms with E-state index >= 15 is 0 Å². The summed E-state index contributed by atoms with van der Waals surface area (Å²) in [7, 11) is 1.41. The Morgan fingerprint density at radius 2 is 2.05 bits per heavy atom. The van der Waals surface area contributed by atoms with Gasteiger partial charge in [-0.2, -0.15) is 0 Å². The van der Waals surface area contributed by atoms with Crippen molar-refractivity contribution in [1.82, 2.24) is 5.32 Å². The van der Waals surface area contributed by atoms with E-state index in [4.69, 9.17) is 4.74 Å². The highest BCUT2D eigenvalue weighted by Crippen LogP contribution is 2.13. The van der Waals surface area contributed by atoms with Crippen LogP contribution in [0, 0.1) is 12.7 Å². The van der Waals surface area contributed by atoms with Crippen molar-refractivity contribution in [3.05, 3.63) is 29.6 Å². The third-order valence-corrected chi connectivity index (χ3v) is 2.72. The smallest absolute Gasteiger partial charge is 0.313 e. The molecule has 0 aliphatic rings. The number of hydrogen-bond acceptors (Lipinski definition) is 4. The van der Waals surface area contributed by atoms with Gasteiger partial charge in [0.15, 0.2) is 0 Å². The molecule has 1 rings (SSSR count). The zero-order chi connectivity index (χ0) is 16.0. The molecule has 1 atom stereocenters. The van der Waals surface area contributed by atoms with E-state index in [0.29, 0.717) is 5.56 Å². The minimum atomic E-state index is -1.28. The maximum absolute atomic E-state index is 13.3. The maximum Gasteiger partial charge on any atom is 0.313 e. The SMILES string of the molecule is COC[C@@](C)(O)CNC(=O)C(=O)Nc1ccc(C)c(F)c1. The molecule has 0 spiro atoms. The molecule has 0 unspecified atom stereocenters. The average Bonchev–Trinajstić information content (AvgIpc) is 2.40. The molecule has 3 N–H and O–H groups in total. The van der Waals surface area contributed by atoms with Crippen molar-refractivity contribution in [2.75, 3.05) is 25.6 Å². The highest BCUT2D eigenvalue weighted by atomic mass is 19.1. The van der Waals surface area contributed by atoms with Gasteiger partial charge in [-0.05, 0) is 31.5 Å². The quantitative estimate of drug-likeness (QED) is 0.694. The van der Waals surface area contributed by atoms with Crippen molar-refractivity contribution < 1.29 is 23.8 Å². The van der Waals surface area contributed by atoms with Crippen molar-refractivity contribution >= 4 is 17.5 Å². The summed E-state index contributed by atoms with van der Waals surface area (Å²) in [6.07, 6.45) is 0. The molecule has 0 aliphatic heterocycles. The Balaban J connectivity index is 2.55. The average molecular weight is 298 g/mol. The minimum absolute atomic E-state index is 0.0120. The molecule has 2 amide bonds. The molecule has 21 heavy (non-hydrogen) atoms. The summed E-state index contributed by atoms with van der Waals surface area (Å²) in [6, 6.07) is 4.11. The van der Waals surface area contributed by atoms with E-state index in [1.54, 1.807) is 6.92 Å². The number of benzene rings is 1. The van der Waals surface area contributed by atoms with Gasteiger partial charge in [-0.25, -0.2) is 4.39 Å². The van der Waals surface area contributed by atoms with Crippen LogP contribution in [0.3, 0.4) is 0 Å². The molecule has 116 valence electrons. The molecule has 6 nitrogen and oxygen atoms in total. The third kappa shape index (κ3) is 5.49. The lowest BCUT2D eigenvalue weighted by atomic mass is 10.1. The summed E-state index contributed by atoms with van der Waals surface area (Å²) >= 11 is 0. The highest BCUT2D eigenvalue weighted by molar-refractivity contribution is 6.39. The van der Waals surface area contributed by atoms with Gasteiger partial charge in [-0.3, -0.25) is 9.59 Å². The molecule has 0 fully saturated rings. The number of carbonyl (C=O) groups excluding carboxylic acids is 2. The predicted octanol–water partition coefficient (Wildman–Crippen LogP) is 0.586. The van der Waals surface area contributed by atoms with E-state index in [2.05, 4.69) is 10.6 Å². The first kappa shape index (κ1) is 17.1. The van der Waals surface area contributed by atoms with Crippen molar-refractivity contribution in [1.29, 1.82) is 0 Å². The van der Waals surface area contributed by atoms with Gasteiger partial charge < -0.3 is 20.5 Å². The normalized spacial score (nSPS) is 13.4. The van der Waals surface area contributed by atoms with E-state index in [1.165, 1.54) is 26.2 Å². The Morgan fingerprint density at radius 1 is 1.38 bits per heavy atom. The van der Waals surface area contributed by atoms with Gasteiger partial charge in [0.1, 0.15) is 11.4 Å². The monoisotopic (exact) mass is 298 g/mol. The topological polar surface area (TPSA) is 87.7 Å². The highest BCUT2D eigenvalue weighted by Gasteiger charge is 2.23. The number of anilines is 1. The van der Waals surface area contributed by atoms with E-state index in [1.807, 2.05) is 0 Å². The Hall–Kier alpha value is -1.99. The largest absolute Gasteiger partial charge is 0.386 e. The number of ether oxygens (including phenoxy) is 1. The molecule has 7 heteroatoms. The number of rotatable bonds is 5. The van der Waals surface area contributed by atoms with Crippen LogP contribution in [-0.4, -0.2) is 42.8 Å². The van der Waals surface area contributed by atoms with Crippen LogP contribution in [0.5, 0.6) is 0 Å². The second-order valence-electron chi connectivity index (χ2n) is 5.03. The summed E-state index contributed by atoms with van der Waals surface area (Å²) in [5, 5.41) is 14.3. The van der Waals surface area contributed by atoms with Crippen LogP contribution >= 0.6 is 0 Å². The molecule has 0 saturated heterocycles. The Labute approximate surface area is 122 Å². The number of amides is 2. The minimum Gasteiger partial charge on any atom is -0.386 e. The summed E-state index contributed by atoms with van der Waals surface area (Å²) in [5.41, 5.74) is -0.657. The number of nitrogens with one attached hydrogen (secondary N) is 2. The van der Waals surface area contributed by atoms with Crippen LogP contribution in [-0.2, 0) is 14.3 Å². The molecule has 1 aromatic rings. The second kappa shape index (κ2) is 7.14. The first-order chi connectivity index (χ1) is 9.75. The van der Waals surface area contributed by atoms with Gasteiger partial charge >= 0.3 is 11.8 Å². The third-order valence-electron chi connectivity index (χ3n) is 2.72. The lowest BCUT2D eigenvalue weighted by Crippen LogP contribution is -2.46. The van der Waals surface area contributed by atoms with Crippen LogP contribution in [0.25, 0.3) is 0 Å². The van der Waals surface area contributed by atoms with Crippen molar-refractivity contribution in [3.8, 4) is 0 Å². The number of carbonyl (C=O) groups is 2. The Bertz CT molecular complexity index is 532. The van der Waals surface area contributed by atoms with Gasteiger partial charge in [0.2, 0.25) is 0 Å². The van der Waals surface area contributed by atoms with Crippen LogP contribution < -0.4 is 10.6 Å². The van der Waals surface area contributed by atoms with E-state index in [9.17, 15) is 19.1 Å². The van der Waals surface area contributed by atoms with E-state index in [-0.39, 0.29) is 18.8 Å². The fraction of sp³-hybridized carbons (Fsp3) is 0.429. The van der Waals surface area contributed by atoms with Gasteiger partial charge in [0.05, 0.1) is 6.61 Å².